The van der Waals surface area contributed by atoms with Gasteiger partial charge in [0.1, 0.15) is 5.75 Å². The molecule has 0 spiro atoms. The molecule has 0 N–H and O–H groups in total. The van der Waals surface area contributed by atoms with Crippen molar-refractivity contribution in [2.24, 2.45) is 0 Å². The molecule has 1 atom stereocenters. The SMILES string of the molecule is COc1ccc(C2CCN(S(=O)(=O)c3ccccc3Br)C2)cc1. The highest BCUT2D eigenvalue weighted by Gasteiger charge is 2.34. The third kappa shape index (κ3) is 3.29. The Hall–Kier alpha value is -1.37. The van der Waals surface area contributed by atoms with Crippen LogP contribution in [0.1, 0.15) is 17.9 Å². The van der Waals surface area contributed by atoms with Gasteiger partial charge in [-0.3, -0.25) is 0 Å². The molecule has 1 heterocycles. The Bertz CT molecular complexity index is 790. The summed E-state index contributed by atoms with van der Waals surface area (Å²) in [4.78, 5) is 0.329. The Morgan fingerprint density at radius 3 is 2.48 bits per heavy atom. The summed E-state index contributed by atoms with van der Waals surface area (Å²) < 4.78 is 33.0. The highest BCUT2D eigenvalue weighted by molar-refractivity contribution is 9.10. The lowest BCUT2D eigenvalue weighted by molar-refractivity contribution is 0.414. The number of methoxy groups -OCH3 is 1. The van der Waals surface area contributed by atoms with Crippen molar-refractivity contribution in [2.45, 2.75) is 17.2 Å². The Labute approximate surface area is 145 Å². The van der Waals surface area contributed by atoms with E-state index in [1.165, 1.54) is 0 Å². The summed E-state index contributed by atoms with van der Waals surface area (Å²) in [5, 5.41) is 0. The first-order valence-corrected chi connectivity index (χ1v) is 9.64. The van der Waals surface area contributed by atoms with Crippen molar-refractivity contribution >= 4 is 26.0 Å². The zero-order chi connectivity index (χ0) is 16.4. The molecule has 122 valence electrons. The molecule has 1 aliphatic rings. The van der Waals surface area contributed by atoms with Crippen LogP contribution in [0.15, 0.2) is 57.9 Å². The fourth-order valence-electron chi connectivity index (χ4n) is 2.89. The lowest BCUT2D eigenvalue weighted by Crippen LogP contribution is -2.28. The van der Waals surface area contributed by atoms with Crippen LogP contribution in [0.4, 0.5) is 0 Å². The highest BCUT2D eigenvalue weighted by atomic mass is 79.9. The molecule has 0 amide bonds. The maximum atomic E-state index is 12.8. The van der Waals surface area contributed by atoms with Gasteiger partial charge in [-0.05, 0) is 58.1 Å². The van der Waals surface area contributed by atoms with Crippen LogP contribution in [0.25, 0.3) is 0 Å². The van der Waals surface area contributed by atoms with Gasteiger partial charge in [-0.1, -0.05) is 24.3 Å². The maximum absolute atomic E-state index is 12.8. The zero-order valence-corrected chi connectivity index (χ0v) is 15.2. The summed E-state index contributed by atoms with van der Waals surface area (Å²) in [6.07, 6.45) is 0.829. The fourth-order valence-corrected chi connectivity index (χ4v) is 5.35. The molecule has 23 heavy (non-hydrogen) atoms. The van der Waals surface area contributed by atoms with Gasteiger partial charge in [0.05, 0.1) is 12.0 Å². The molecule has 3 rings (SSSR count). The Kier molecular flexibility index (Phi) is 4.75. The van der Waals surface area contributed by atoms with E-state index in [4.69, 9.17) is 4.74 Å². The zero-order valence-electron chi connectivity index (χ0n) is 12.8. The van der Waals surface area contributed by atoms with Gasteiger partial charge in [-0.2, -0.15) is 4.31 Å². The summed E-state index contributed by atoms with van der Waals surface area (Å²) in [6, 6.07) is 14.8. The molecule has 0 aromatic heterocycles. The van der Waals surface area contributed by atoms with Crippen LogP contribution in [-0.2, 0) is 10.0 Å². The van der Waals surface area contributed by atoms with Gasteiger partial charge in [0.15, 0.2) is 0 Å². The second-order valence-corrected chi connectivity index (χ2v) is 8.31. The van der Waals surface area contributed by atoms with Crippen LogP contribution in [0.3, 0.4) is 0 Å². The predicted molar refractivity (Wildman–Crippen MR) is 93.3 cm³/mol. The predicted octanol–water partition coefficient (Wildman–Crippen LogP) is 3.64. The normalized spacial score (nSPS) is 19.0. The quantitative estimate of drug-likeness (QED) is 0.793. The smallest absolute Gasteiger partial charge is 0.244 e. The van der Waals surface area contributed by atoms with E-state index >= 15 is 0 Å². The summed E-state index contributed by atoms with van der Waals surface area (Å²) in [5.41, 5.74) is 1.15. The van der Waals surface area contributed by atoms with Crippen molar-refractivity contribution in [3.8, 4) is 5.75 Å². The molecule has 1 fully saturated rings. The lowest BCUT2D eigenvalue weighted by atomic mass is 9.99. The second kappa shape index (κ2) is 6.63. The number of halogens is 1. The van der Waals surface area contributed by atoms with Gasteiger partial charge in [-0.25, -0.2) is 8.42 Å². The van der Waals surface area contributed by atoms with Crippen LogP contribution in [0.2, 0.25) is 0 Å². The molecule has 4 nitrogen and oxygen atoms in total. The number of sulfonamides is 1. The van der Waals surface area contributed by atoms with Gasteiger partial charge in [-0.15, -0.1) is 0 Å². The van der Waals surface area contributed by atoms with E-state index in [1.807, 2.05) is 30.3 Å². The lowest BCUT2D eigenvalue weighted by Gasteiger charge is -2.17. The minimum Gasteiger partial charge on any atom is -0.497 e. The number of nitrogens with zero attached hydrogens (tertiary/aromatic N) is 1. The topological polar surface area (TPSA) is 46.6 Å². The van der Waals surface area contributed by atoms with Crippen LogP contribution in [-0.4, -0.2) is 32.9 Å². The van der Waals surface area contributed by atoms with Crippen molar-refractivity contribution in [3.05, 3.63) is 58.6 Å². The molecule has 1 unspecified atom stereocenters. The Morgan fingerprint density at radius 2 is 1.83 bits per heavy atom. The molecule has 2 aromatic rings. The highest BCUT2D eigenvalue weighted by Crippen LogP contribution is 2.33. The van der Waals surface area contributed by atoms with Crippen molar-refractivity contribution < 1.29 is 13.2 Å². The van der Waals surface area contributed by atoms with Crippen molar-refractivity contribution in [1.29, 1.82) is 0 Å². The molecule has 0 aliphatic carbocycles. The Morgan fingerprint density at radius 1 is 1.13 bits per heavy atom. The van der Waals surface area contributed by atoms with Gasteiger partial charge in [0, 0.05) is 17.6 Å². The average Bonchev–Trinajstić information content (AvgIpc) is 3.06. The van der Waals surface area contributed by atoms with Crippen LogP contribution < -0.4 is 4.74 Å². The molecular weight excluding hydrogens is 378 g/mol. The Balaban J connectivity index is 1.80. The second-order valence-electron chi connectivity index (χ2n) is 5.55. The molecule has 0 bridgehead atoms. The van der Waals surface area contributed by atoms with E-state index in [9.17, 15) is 8.42 Å². The van der Waals surface area contributed by atoms with Crippen LogP contribution in [0, 0.1) is 0 Å². The molecule has 1 aliphatic heterocycles. The monoisotopic (exact) mass is 395 g/mol. The summed E-state index contributed by atoms with van der Waals surface area (Å²) in [7, 11) is -1.83. The van der Waals surface area contributed by atoms with Gasteiger partial charge < -0.3 is 4.74 Å². The van der Waals surface area contributed by atoms with E-state index in [2.05, 4.69) is 15.9 Å². The van der Waals surface area contributed by atoms with Crippen molar-refractivity contribution in [2.75, 3.05) is 20.2 Å². The van der Waals surface area contributed by atoms with Crippen molar-refractivity contribution in [3.63, 3.8) is 0 Å². The number of ether oxygens (including phenoxy) is 1. The number of hydrogen-bond acceptors (Lipinski definition) is 3. The minimum atomic E-state index is -3.46. The van der Waals surface area contributed by atoms with Crippen molar-refractivity contribution in [1.82, 2.24) is 4.31 Å². The number of benzene rings is 2. The summed E-state index contributed by atoms with van der Waals surface area (Å²) >= 11 is 3.34. The first-order chi connectivity index (χ1) is 11.0. The van der Waals surface area contributed by atoms with E-state index in [-0.39, 0.29) is 5.92 Å². The average molecular weight is 396 g/mol. The molecular formula is C17H18BrNO3S. The fraction of sp³-hybridized carbons (Fsp3) is 0.294. The standard InChI is InChI=1S/C17H18BrNO3S/c1-22-15-8-6-13(7-9-15)14-10-11-19(12-14)23(20,21)17-5-3-2-4-16(17)18/h2-9,14H,10-12H2,1H3. The van der Waals surface area contributed by atoms with E-state index in [1.54, 1.807) is 29.6 Å². The maximum Gasteiger partial charge on any atom is 0.244 e. The van der Waals surface area contributed by atoms with Gasteiger partial charge in [0.2, 0.25) is 10.0 Å². The van der Waals surface area contributed by atoms with Gasteiger partial charge in [0.25, 0.3) is 0 Å². The molecule has 0 radical (unpaired) electrons. The minimum absolute atomic E-state index is 0.221. The molecule has 0 saturated carbocycles. The third-order valence-corrected chi connectivity index (χ3v) is 7.07. The third-order valence-electron chi connectivity index (χ3n) is 4.19. The van der Waals surface area contributed by atoms with Crippen LogP contribution in [0.5, 0.6) is 5.75 Å². The van der Waals surface area contributed by atoms with Crippen LogP contribution >= 0.6 is 15.9 Å². The largest absolute Gasteiger partial charge is 0.497 e. The summed E-state index contributed by atoms with van der Waals surface area (Å²) in [5.74, 6) is 1.03. The summed E-state index contributed by atoms with van der Waals surface area (Å²) in [6.45, 7) is 1.05. The van der Waals surface area contributed by atoms with E-state index < -0.39 is 10.0 Å². The number of rotatable bonds is 4. The van der Waals surface area contributed by atoms with E-state index in [0.717, 1.165) is 17.7 Å². The molecule has 1 saturated heterocycles. The first-order valence-electron chi connectivity index (χ1n) is 7.41. The molecule has 2 aromatic carbocycles. The first kappa shape index (κ1) is 16.5. The van der Waals surface area contributed by atoms with Gasteiger partial charge >= 0.3 is 0 Å². The molecule has 6 heteroatoms. The number of hydrogen-bond donors (Lipinski definition) is 0. The van der Waals surface area contributed by atoms with E-state index in [0.29, 0.717) is 22.5 Å².